The van der Waals surface area contributed by atoms with E-state index in [1.54, 1.807) is 38.5 Å². The molecule has 32 heavy (non-hydrogen) atoms. The molecule has 0 saturated heterocycles. The number of rotatable bonds is 7. The molecule has 8 nitrogen and oxygen atoms in total. The van der Waals surface area contributed by atoms with Gasteiger partial charge in [-0.3, -0.25) is 19.8 Å². The van der Waals surface area contributed by atoms with Crippen molar-refractivity contribution in [3.63, 3.8) is 0 Å². The van der Waals surface area contributed by atoms with Gasteiger partial charge < -0.3 is 14.8 Å². The fraction of sp³-hybridized carbons (Fsp3) is 0.292. The van der Waals surface area contributed by atoms with E-state index in [4.69, 9.17) is 9.47 Å². The second-order valence-electron chi connectivity index (χ2n) is 7.27. The van der Waals surface area contributed by atoms with Gasteiger partial charge in [0.25, 0.3) is 5.91 Å². The van der Waals surface area contributed by atoms with Crippen LogP contribution in [0.15, 0.2) is 53.5 Å². The monoisotopic (exact) mass is 435 g/mol. The van der Waals surface area contributed by atoms with E-state index in [1.807, 2.05) is 49.8 Å². The summed E-state index contributed by atoms with van der Waals surface area (Å²) in [7, 11) is 5.09. The molecule has 0 radical (unpaired) electrons. The summed E-state index contributed by atoms with van der Waals surface area (Å²) in [6.07, 6.45) is 0.712. The zero-order chi connectivity index (χ0) is 23.1. The summed E-state index contributed by atoms with van der Waals surface area (Å²) in [6.45, 7) is 4.52. The van der Waals surface area contributed by atoms with Crippen molar-refractivity contribution in [3.8, 4) is 11.5 Å². The van der Waals surface area contributed by atoms with Crippen LogP contribution in [0.3, 0.4) is 0 Å². The molecule has 0 fully saturated rings. The van der Waals surface area contributed by atoms with Crippen LogP contribution in [0.4, 0.5) is 5.69 Å². The van der Waals surface area contributed by atoms with Gasteiger partial charge in [-0.1, -0.05) is 18.2 Å². The fourth-order valence-corrected chi connectivity index (χ4v) is 3.39. The van der Waals surface area contributed by atoms with E-state index in [2.05, 4.69) is 20.7 Å². The average molecular weight is 436 g/mol. The molecule has 2 aromatic carbocycles. The molecule has 0 spiro atoms. The lowest BCUT2D eigenvalue weighted by Gasteiger charge is -2.14. The molecule has 1 amide bonds. The summed E-state index contributed by atoms with van der Waals surface area (Å²) in [4.78, 5) is 17.4. The molecular weight excluding hydrogens is 406 g/mol. The summed E-state index contributed by atoms with van der Waals surface area (Å²) in [5, 5.41) is 10.5. The van der Waals surface area contributed by atoms with Crippen molar-refractivity contribution >= 4 is 17.6 Å². The summed E-state index contributed by atoms with van der Waals surface area (Å²) in [5.41, 5.74) is 4.52. The quantitative estimate of drug-likeness (QED) is 0.438. The molecule has 3 aromatic rings. The highest BCUT2D eigenvalue weighted by Crippen LogP contribution is 2.29. The Kier molecular flexibility index (Phi) is 7.49. The Morgan fingerprint density at radius 1 is 1.06 bits per heavy atom. The maximum atomic E-state index is 12.7. The molecule has 3 rings (SSSR count). The number of guanidine groups is 1. The van der Waals surface area contributed by atoms with Crippen LogP contribution < -0.4 is 20.1 Å². The Labute approximate surface area is 188 Å². The van der Waals surface area contributed by atoms with Gasteiger partial charge in [-0.05, 0) is 50.1 Å². The molecule has 0 aliphatic rings. The standard InChI is InChI=1S/C24H29N5O3/c1-16-20(17(2)29(3)28-16)13-14-25-24(27-23(30)18-9-7-6-8-10-18)26-19-11-12-21(31-4)22(15-19)32-5/h6-12,15H,13-14H2,1-5H3,(H2,25,26,27,30). The molecule has 1 heterocycles. The molecule has 0 atom stereocenters. The normalized spacial score (nSPS) is 11.2. The van der Waals surface area contributed by atoms with E-state index in [-0.39, 0.29) is 5.91 Å². The van der Waals surface area contributed by atoms with Gasteiger partial charge >= 0.3 is 0 Å². The molecule has 0 saturated carbocycles. The average Bonchev–Trinajstić information content (AvgIpc) is 3.05. The number of methoxy groups -OCH3 is 2. The first-order chi connectivity index (χ1) is 15.4. The molecule has 168 valence electrons. The van der Waals surface area contributed by atoms with Crippen molar-refractivity contribution in [2.24, 2.45) is 12.0 Å². The number of benzene rings is 2. The van der Waals surface area contributed by atoms with E-state index < -0.39 is 0 Å². The summed E-state index contributed by atoms with van der Waals surface area (Å²) < 4.78 is 12.5. The smallest absolute Gasteiger partial charge is 0.257 e. The number of aryl methyl sites for hydroxylation is 2. The van der Waals surface area contributed by atoms with Crippen molar-refractivity contribution in [1.82, 2.24) is 15.1 Å². The van der Waals surface area contributed by atoms with Gasteiger partial charge in [0.2, 0.25) is 5.96 Å². The predicted octanol–water partition coefficient (Wildman–Crippen LogP) is 3.49. The van der Waals surface area contributed by atoms with Crippen LogP contribution in [0.5, 0.6) is 11.5 Å². The van der Waals surface area contributed by atoms with Gasteiger partial charge in [0.15, 0.2) is 11.5 Å². The number of amides is 1. The number of hydrogen-bond donors (Lipinski definition) is 2. The Morgan fingerprint density at radius 2 is 1.78 bits per heavy atom. The maximum absolute atomic E-state index is 12.7. The van der Waals surface area contributed by atoms with Crippen LogP contribution >= 0.6 is 0 Å². The minimum atomic E-state index is -0.244. The van der Waals surface area contributed by atoms with Crippen molar-refractivity contribution in [2.75, 3.05) is 26.1 Å². The lowest BCUT2D eigenvalue weighted by Crippen LogP contribution is -2.36. The van der Waals surface area contributed by atoms with E-state index in [0.29, 0.717) is 41.7 Å². The highest BCUT2D eigenvalue weighted by atomic mass is 16.5. The van der Waals surface area contributed by atoms with Crippen molar-refractivity contribution in [3.05, 3.63) is 71.0 Å². The third-order valence-electron chi connectivity index (χ3n) is 5.20. The number of carbonyl (C=O) groups excluding carboxylic acids is 1. The van der Waals surface area contributed by atoms with Gasteiger partial charge in [-0.2, -0.15) is 5.10 Å². The molecule has 8 heteroatoms. The van der Waals surface area contributed by atoms with Gasteiger partial charge in [-0.25, -0.2) is 0 Å². The minimum absolute atomic E-state index is 0.244. The van der Waals surface area contributed by atoms with Gasteiger partial charge in [0.1, 0.15) is 0 Å². The first-order valence-electron chi connectivity index (χ1n) is 10.3. The fourth-order valence-electron chi connectivity index (χ4n) is 3.39. The molecule has 0 aliphatic carbocycles. The van der Waals surface area contributed by atoms with Gasteiger partial charge in [0, 0.05) is 36.6 Å². The highest BCUT2D eigenvalue weighted by molar-refractivity contribution is 6.10. The number of aliphatic imine (C=N–C) groups is 1. The van der Waals surface area contributed by atoms with Crippen molar-refractivity contribution in [1.29, 1.82) is 0 Å². The lowest BCUT2D eigenvalue weighted by molar-refractivity contribution is 0.0977. The first kappa shape index (κ1) is 22.9. The Hall–Kier alpha value is -3.81. The zero-order valence-corrected chi connectivity index (χ0v) is 19.1. The number of hydrogen-bond acceptors (Lipinski definition) is 5. The topological polar surface area (TPSA) is 89.8 Å². The number of anilines is 1. The summed E-state index contributed by atoms with van der Waals surface area (Å²) in [5.74, 6) is 1.30. The summed E-state index contributed by atoms with van der Waals surface area (Å²) >= 11 is 0. The van der Waals surface area contributed by atoms with Crippen molar-refractivity contribution in [2.45, 2.75) is 20.3 Å². The lowest BCUT2D eigenvalue weighted by atomic mass is 10.1. The number of nitrogens with zero attached hydrogens (tertiary/aromatic N) is 3. The van der Waals surface area contributed by atoms with E-state index in [1.165, 1.54) is 0 Å². The van der Waals surface area contributed by atoms with E-state index >= 15 is 0 Å². The van der Waals surface area contributed by atoms with E-state index in [0.717, 1.165) is 17.0 Å². The maximum Gasteiger partial charge on any atom is 0.257 e. The van der Waals surface area contributed by atoms with Crippen LogP contribution in [0, 0.1) is 13.8 Å². The molecule has 0 unspecified atom stereocenters. The van der Waals surface area contributed by atoms with Gasteiger partial charge in [-0.15, -0.1) is 0 Å². The predicted molar refractivity (Wildman–Crippen MR) is 126 cm³/mol. The molecule has 0 aliphatic heterocycles. The summed E-state index contributed by atoms with van der Waals surface area (Å²) in [6, 6.07) is 14.4. The van der Waals surface area contributed by atoms with Crippen LogP contribution in [0.1, 0.15) is 27.3 Å². The Balaban J connectivity index is 1.81. The minimum Gasteiger partial charge on any atom is -0.493 e. The second-order valence-corrected chi connectivity index (χ2v) is 7.27. The van der Waals surface area contributed by atoms with Crippen LogP contribution in [-0.4, -0.2) is 42.4 Å². The Morgan fingerprint density at radius 3 is 2.41 bits per heavy atom. The molecule has 1 aromatic heterocycles. The number of ether oxygens (including phenoxy) is 2. The molecular formula is C24H29N5O3. The highest BCUT2D eigenvalue weighted by Gasteiger charge is 2.12. The van der Waals surface area contributed by atoms with Crippen LogP contribution in [0.25, 0.3) is 0 Å². The largest absolute Gasteiger partial charge is 0.493 e. The van der Waals surface area contributed by atoms with Crippen LogP contribution in [0.2, 0.25) is 0 Å². The van der Waals surface area contributed by atoms with Crippen molar-refractivity contribution < 1.29 is 14.3 Å². The zero-order valence-electron chi connectivity index (χ0n) is 19.1. The van der Waals surface area contributed by atoms with Crippen LogP contribution in [-0.2, 0) is 13.5 Å². The second kappa shape index (κ2) is 10.5. The first-order valence-corrected chi connectivity index (χ1v) is 10.3. The molecule has 2 N–H and O–H groups in total. The number of aromatic nitrogens is 2. The number of nitrogens with one attached hydrogen (secondary N) is 2. The molecule has 0 bridgehead atoms. The number of carbonyl (C=O) groups is 1. The van der Waals surface area contributed by atoms with Gasteiger partial charge in [0.05, 0.1) is 19.9 Å². The third kappa shape index (κ3) is 5.46. The van der Waals surface area contributed by atoms with E-state index in [9.17, 15) is 4.79 Å². The Bertz CT molecular complexity index is 1110. The third-order valence-corrected chi connectivity index (χ3v) is 5.20. The SMILES string of the molecule is COc1ccc(NC(=NCCc2c(C)nn(C)c2C)NC(=O)c2ccccc2)cc1OC.